The first-order valence-corrected chi connectivity index (χ1v) is 6.24. The summed E-state index contributed by atoms with van der Waals surface area (Å²) in [6, 6.07) is 1.95. The lowest BCUT2D eigenvalue weighted by atomic mass is 9.71. The van der Waals surface area contributed by atoms with Gasteiger partial charge in [0.1, 0.15) is 0 Å². The molecule has 1 aromatic rings. The number of ketones is 1. The average molecular weight is 208 g/mol. The Labute approximate surface area is 89.1 Å². The number of thiophene rings is 1. The maximum Gasteiger partial charge on any atom is 0.169 e. The van der Waals surface area contributed by atoms with Crippen molar-refractivity contribution in [2.45, 2.75) is 39.0 Å². The van der Waals surface area contributed by atoms with Crippen LogP contribution in [0.25, 0.3) is 0 Å². The lowest BCUT2D eigenvalue weighted by Gasteiger charge is -2.31. The number of carbonyl (C=O) groups is 1. The Morgan fingerprint density at radius 3 is 2.64 bits per heavy atom. The molecule has 1 fully saturated rings. The van der Waals surface area contributed by atoms with Crippen LogP contribution in [0.4, 0.5) is 0 Å². The first-order chi connectivity index (χ1) is 6.72. The average Bonchev–Trinajstić information content (AvgIpc) is 2.70. The Balaban J connectivity index is 2.17. The highest BCUT2D eigenvalue weighted by Crippen LogP contribution is 2.38. The van der Waals surface area contributed by atoms with Crippen molar-refractivity contribution in [1.29, 1.82) is 0 Å². The third kappa shape index (κ3) is 1.76. The van der Waals surface area contributed by atoms with Gasteiger partial charge in [0.05, 0.1) is 0 Å². The van der Waals surface area contributed by atoms with E-state index >= 15 is 0 Å². The number of hydrogen-bond donors (Lipinski definition) is 0. The summed E-state index contributed by atoms with van der Waals surface area (Å²) in [6.45, 7) is 2.13. The van der Waals surface area contributed by atoms with E-state index in [1.807, 2.05) is 16.8 Å². The lowest BCUT2D eigenvalue weighted by molar-refractivity contribution is 0.0750. The molecule has 1 heterocycles. The summed E-state index contributed by atoms with van der Waals surface area (Å²) in [5.41, 5.74) is 0.846. The molecule has 2 heteroatoms. The second kappa shape index (κ2) is 3.85. The molecule has 0 unspecified atom stereocenters. The van der Waals surface area contributed by atoms with Gasteiger partial charge >= 0.3 is 0 Å². The van der Waals surface area contributed by atoms with Crippen molar-refractivity contribution >= 4 is 17.1 Å². The van der Waals surface area contributed by atoms with E-state index in [2.05, 4.69) is 6.92 Å². The summed E-state index contributed by atoms with van der Waals surface area (Å²) < 4.78 is 0. The smallest absolute Gasteiger partial charge is 0.169 e. The van der Waals surface area contributed by atoms with Gasteiger partial charge in [0.15, 0.2) is 5.78 Å². The Bertz CT molecular complexity index is 307. The summed E-state index contributed by atoms with van der Waals surface area (Å²) in [4.78, 5) is 12.2. The number of rotatable bonds is 2. The predicted molar refractivity (Wildman–Crippen MR) is 59.8 cm³/mol. The Morgan fingerprint density at radius 2 is 2.07 bits per heavy atom. The van der Waals surface area contributed by atoms with Crippen LogP contribution in [0.5, 0.6) is 0 Å². The molecule has 0 radical (unpaired) electrons. The lowest BCUT2D eigenvalue weighted by Crippen LogP contribution is -2.29. The molecule has 1 nitrogen and oxygen atoms in total. The molecule has 1 saturated carbocycles. The van der Waals surface area contributed by atoms with Crippen LogP contribution in [0.15, 0.2) is 16.8 Å². The second-order valence-electron chi connectivity index (χ2n) is 4.46. The van der Waals surface area contributed by atoms with Crippen LogP contribution in [0.3, 0.4) is 0 Å². The fourth-order valence-corrected chi connectivity index (χ4v) is 2.94. The maximum atomic E-state index is 12.2. The summed E-state index contributed by atoms with van der Waals surface area (Å²) in [7, 11) is 0. The Hall–Kier alpha value is -0.630. The minimum Gasteiger partial charge on any atom is -0.294 e. The topological polar surface area (TPSA) is 17.1 Å². The highest BCUT2D eigenvalue weighted by Gasteiger charge is 2.34. The molecular formula is C12H16OS. The van der Waals surface area contributed by atoms with Gasteiger partial charge < -0.3 is 0 Å². The van der Waals surface area contributed by atoms with E-state index in [1.165, 1.54) is 19.3 Å². The molecule has 0 N–H and O–H groups in total. The number of Topliss-reactive ketones (excluding diaryl/α,β-unsaturated/α-hetero) is 1. The highest BCUT2D eigenvalue weighted by molar-refractivity contribution is 7.08. The fraction of sp³-hybridized carbons (Fsp3) is 0.583. The molecule has 76 valence electrons. The summed E-state index contributed by atoms with van der Waals surface area (Å²) in [5, 5.41) is 3.96. The van der Waals surface area contributed by atoms with Gasteiger partial charge in [-0.1, -0.05) is 26.2 Å². The number of carbonyl (C=O) groups excluding carboxylic acids is 1. The third-order valence-corrected chi connectivity index (χ3v) is 3.97. The van der Waals surface area contributed by atoms with Gasteiger partial charge in [0, 0.05) is 16.4 Å². The van der Waals surface area contributed by atoms with Gasteiger partial charge in [-0.2, -0.15) is 11.3 Å². The molecule has 0 aromatic carbocycles. The van der Waals surface area contributed by atoms with Crippen molar-refractivity contribution in [3.63, 3.8) is 0 Å². The standard InChI is InChI=1S/C12H16OS/c1-12(6-3-2-4-7-12)11(13)10-5-8-14-9-10/h5,8-9H,2-4,6-7H2,1H3. The van der Waals surface area contributed by atoms with Gasteiger partial charge in [-0.05, 0) is 24.3 Å². The summed E-state index contributed by atoms with van der Waals surface area (Å²) in [6.07, 6.45) is 5.87. The molecule has 0 aliphatic heterocycles. The van der Waals surface area contributed by atoms with E-state index in [0.717, 1.165) is 18.4 Å². The molecular weight excluding hydrogens is 192 g/mol. The molecule has 0 spiro atoms. The largest absolute Gasteiger partial charge is 0.294 e. The predicted octanol–water partition coefficient (Wildman–Crippen LogP) is 3.90. The quantitative estimate of drug-likeness (QED) is 0.674. The van der Waals surface area contributed by atoms with Crippen molar-refractivity contribution in [2.24, 2.45) is 5.41 Å². The Morgan fingerprint density at radius 1 is 1.36 bits per heavy atom. The first kappa shape index (κ1) is 9.91. The van der Waals surface area contributed by atoms with Gasteiger partial charge in [-0.3, -0.25) is 4.79 Å². The maximum absolute atomic E-state index is 12.2. The van der Waals surface area contributed by atoms with E-state index in [0.29, 0.717) is 5.78 Å². The van der Waals surface area contributed by atoms with Crippen LogP contribution in [0.2, 0.25) is 0 Å². The van der Waals surface area contributed by atoms with Crippen molar-refractivity contribution in [3.8, 4) is 0 Å². The van der Waals surface area contributed by atoms with E-state index in [9.17, 15) is 4.79 Å². The molecule has 0 atom stereocenters. The van der Waals surface area contributed by atoms with Gasteiger partial charge in [-0.25, -0.2) is 0 Å². The Kier molecular flexibility index (Phi) is 2.73. The van der Waals surface area contributed by atoms with Crippen molar-refractivity contribution < 1.29 is 4.79 Å². The van der Waals surface area contributed by atoms with E-state index < -0.39 is 0 Å². The zero-order valence-electron chi connectivity index (χ0n) is 8.58. The van der Waals surface area contributed by atoms with E-state index in [1.54, 1.807) is 11.3 Å². The SMILES string of the molecule is CC1(C(=O)c2ccsc2)CCCCC1. The number of hydrogen-bond acceptors (Lipinski definition) is 2. The van der Waals surface area contributed by atoms with E-state index in [-0.39, 0.29) is 5.41 Å². The molecule has 0 amide bonds. The zero-order valence-corrected chi connectivity index (χ0v) is 9.40. The van der Waals surface area contributed by atoms with Crippen LogP contribution < -0.4 is 0 Å². The summed E-state index contributed by atoms with van der Waals surface area (Å²) >= 11 is 1.61. The molecule has 0 saturated heterocycles. The molecule has 1 aliphatic rings. The molecule has 0 bridgehead atoms. The molecule has 2 rings (SSSR count). The minimum atomic E-state index is -0.0701. The minimum absolute atomic E-state index is 0.0701. The van der Waals surface area contributed by atoms with Crippen LogP contribution >= 0.6 is 11.3 Å². The molecule has 1 aliphatic carbocycles. The van der Waals surface area contributed by atoms with Gasteiger partial charge in [0.2, 0.25) is 0 Å². The molecule has 1 aromatic heterocycles. The van der Waals surface area contributed by atoms with Crippen LogP contribution in [-0.4, -0.2) is 5.78 Å². The fourth-order valence-electron chi connectivity index (χ4n) is 2.30. The van der Waals surface area contributed by atoms with Crippen molar-refractivity contribution in [2.75, 3.05) is 0 Å². The molecule has 14 heavy (non-hydrogen) atoms. The third-order valence-electron chi connectivity index (χ3n) is 3.29. The highest BCUT2D eigenvalue weighted by atomic mass is 32.1. The normalized spacial score (nSPS) is 20.6. The van der Waals surface area contributed by atoms with Crippen molar-refractivity contribution in [1.82, 2.24) is 0 Å². The van der Waals surface area contributed by atoms with Gasteiger partial charge in [0.25, 0.3) is 0 Å². The first-order valence-electron chi connectivity index (χ1n) is 5.29. The van der Waals surface area contributed by atoms with Crippen LogP contribution in [-0.2, 0) is 0 Å². The van der Waals surface area contributed by atoms with Crippen LogP contribution in [0, 0.1) is 5.41 Å². The van der Waals surface area contributed by atoms with Crippen molar-refractivity contribution in [3.05, 3.63) is 22.4 Å². The monoisotopic (exact) mass is 208 g/mol. The van der Waals surface area contributed by atoms with Crippen LogP contribution in [0.1, 0.15) is 49.4 Å². The second-order valence-corrected chi connectivity index (χ2v) is 5.24. The van der Waals surface area contributed by atoms with E-state index in [4.69, 9.17) is 0 Å². The van der Waals surface area contributed by atoms with Gasteiger partial charge in [-0.15, -0.1) is 0 Å². The summed E-state index contributed by atoms with van der Waals surface area (Å²) in [5.74, 6) is 0.360. The zero-order chi connectivity index (χ0) is 10.0.